The number of alkyl halides is 1. The van der Waals surface area contributed by atoms with Crippen LogP contribution >= 0.6 is 11.6 Å². The van der Waals surface area contributed by atoms with Gasteiger partial charge in [0.25, 0.3) is 0 Å². The molecule has 3 nitrogen and oxygen atoms in total. The lowest BCUT2D eigenvalue weighted by molar-refractivity contribution is -0.132. The Morgan fingerprint density at radius 2 is 2.38 bits per heavy atom. The zero-order valence-corrected chi connectivity index (χ0v) is 9.95. The molecule has 4 heteroatoms. The fraction of sp³-hybridized carbons (Fsp3) is 0.583. The van der Waals surface area contributed by atoms with Crippen LogP contribution in [-0.4, -0.2) is 22.7 Å². The normalized spacial score (nSPS) is 15.1. The zero-order valence-electron chi connectivity index (χ0n) is 9.19. The number of carbonyl (C=O) groups excluding carboxylic acids is 1. The first-order valence-electron chi connectivity index (χ1n) is 5.69. The summed E-state index contributed by atoms with van der Waals surface area (Å²) in [5.41, 5.74) is 0. The Labute approximate surface area is 100 Å². The molecule has 0 aromatic carbocycles. The average molecular weight is 242 g/mol. The molecule has 0 N–H and O–H groups in total. The predicted molar refractivity (Wildman–Crippen MR) is 62.2 cm³/mol. The van der Waals surface area contributed by atoms with E-state index in [-0.39, 0.29) is 5.91 Å². The summed E-state index contributed by atoms with van der Waals surface area (Å²) in [5.74, 6) is 1.59. The van der Waals surface area contributed by atoms with Gasteiger partial charge in [0.2, 0.25) is 5.91 Å². The molecular formula is C12H16ClNO2. The summed E-state index contributed by atoms with van der Waals surface area (Å²) in [6.45, 7) is 0.596. The highest BCUT2D eigenvalue weighted by molar-refractivity contribution is 6.17. The molecule has 1 saturated carbocycles. The lowest BCUT2D eigenvalue weighted by atomic mass is 10.2. The molecule has 0 bridgehead atoms. The van der Waals surface area contributed by atoms with Crippen LogP contribution in [0, 0.1) is 0 Å². The Morgan fingerprint density at radius 3 is 2.94 bits per heavy atom. The molecule has 88 valence electrons. The standard InChI is InChI=1S/C12H16ClNO2/c13-7-1-4-12(15)14(10-5-6-10)9-11-3-2-8-16-11/h2-3,8,10H,1,4-7,9H2. The van der Waals surface area contributed by atoms with E-state index in [4.69, 9.17) is 16.0 Å². The molecule has 16 heavy (non-hydrogen) atoms. The fourth-order valence-electron chi connectivity index (χ4n) is 1.74. The lowest BCUT2D eigenvalue weighted by Crippen LogP contribution is -2.32. The lowest BCUT2D eigenvalue weighted by Gasteiger charge is -2.21. The van der Waals surface area contributed by atoms with Crippen molar-refractivity contribution in [2.24, 2.45) is 0 Å². The molecule has 1 heterocycles. The van der Waals surface area contributed by atoms with Gasteiger partial charge in [0.05, 0.1) is 12.8 Å². The second kappa shape index (κ2) is 5.39. The third kappa shape index (κ3) is 3.01. The Bertz CT molecular complexity index is 333. The maximum Gasteiger partial charge on any atom is 0.223 e. The van der Waals surface area contributed by atoms with Crippen LogP contribution in [0.5, 0.6) is 0 Å². The van der Waals surface area contributed by atoms with Gasteiger partial charge in [-0.1, -0.05) is 0 Å². The summed E-state index contributed by atoms with van der Waals surface area (Å²) in [5, 5.41) is 0. The molecule has 2 rings (SSSR count). The van der Waals surface area contributed by atoms with Gasteiger partial charge in [-0.05, 0) is 31.4 Å². The number of halogens is 1. The van der Waals surface area contributed by atoms with Crippen LogP contribution in [0.15, 0.2) is 22.8 Å². The van der Waals surface area contributed by atoms with Crippen molar-refractivity contribution in [1.82, 2.24) is 4.90 Å². The number of nitrogens with zero attached hydrogens (tertiary/aromatic N) is 1. The van der Waals surface area contributed by atoms with Crippen LogP contribution in [0.2, 0.25) is 0 Å². The maximum atomic E-state index is 11.9. The van der Waals surface area contributed by atoms with Crippen LogP contribution in [0.25, 0.3) is 0 Å². The Hall–Kier alpha value is -0.960. The van der Waals surface area contributed by atoms with E-state index in [9.17, 15) is 4.79 Å². The minimum atomic E-state index is 0.194. The Balaban J connectivity index is 1.92. The summed E-state index contributed by atoms with van der Waals surface area (Å²) >= 11 is 5.60. The van der Waals surface area contributed by atoms with Crippen molar-refractivity contribution in [1.29, 1.82) is 0 Å². The quantitative estimate of drug-likeness (QED) is 0.718. The van der Waals surface area contributed by atoms with Gasteiger partial charge >= 0.3 is 0 Å². The first-order valence-corrected chi connectivity index (χ1v) is 6.22. The number of furan rings is 1. The van der Waals surface area contributed by atoms with Gasteiger partial charge in [-0.25, -0.2) is 0 Å². The smallest absolute Gasteiger partial charge is 0.223 e. The third-order valence-electron chi connectivity index (χ3n) is 2.74. The van der Waals surface area contributed by atoms with Crippen molar-refractivity contribution in [3.05, 3.63) is 24.2 Å². The second-order valence-corrected chi connectivity index (χ2v) is 4.50. The molecule has 1 amide bonds. The van der Waals surface area contributed by atoms with Gasteiger partial charge in [0, 0.05) is 18.3 Å². The van der Waals surface area contributed by atoms with Crippen molar-refractivity contribution < 1.29 is 9.21 Å². The highest BCUT2D eigenvalue weighted by Gasteiger charge is 2.32. The predicted octanol–water partition coefficient (Wildman–Crippen LogP) is 2.79. The Morgan fingerprint density at radius 1 is 1.56 bits per heavy atom. The summed E-state index contributed by atoms with van der Waals surface area (Å²) in [4.78, 5) is 13.9. The topological polar surface area (TPSA) is 33.5 Å². The minimum absolute atomic E-state index is 0.194. The van der Waals surface area contributed by atoms with E-state index in [1.165, 1.54) is 0 Å². The number of hydrogen-bond acceptors (Lipinski definition) is 2. The molecule has 0 radical (unpaired) electrons. The number of carbonyl (C=O) groups is 1. The average Bonchev–Trinajstić information content (AvgIpc) is 3.00. The van der Waals surface area contributed by atoms with Gasteiger partial charge < -0.3 is 9.32 Å². The van der Waals surface area contributed by atoms with E-state index in [1.54, 1.807) is 6.26 Å². The molecule has 1 aromatic heterocycles. The van der Waals surface area contributed by atoms with Gasteiger partial charge in [0.15, 0.2) is 0 Å². The fourth-order valence-corrected chi connectivity index (χ4v) is 1.87. The molecular weight excluding hydrogens is 226 g/mol. The van der Waals surface area contributed by atoms with Gasteiger partial charge in [-0.3, -0.25) is 4.79 Å². The largest absolute Gasteiger partial charge is 0.467 e. The van der Waals surface area contributed by atoms with E-state index in [0.717, 1.165) is 25.0 Å². The van der Waals surface area contributed by atoms with E-state index < -0.39 is 0 Å². The van der Waals surface area contributed by atoms with Crippen molar-refractivity contribution >= 4 is 17.5 Å². The van der Waals surface area contributed by atoms with E-state index in [1.807, 2.05) is 17.0 Å². The highest BCUT2D eigenvalue weighted by Crippen LogP contribution is 2.29. The molecule has 1 aliphatic carbocycles. The van der Waals surface area contributed by atoms with Gasteiger partial charge in [-0.2, -0.15) is 0 Å². The summed E-state index contributed by atoms with van der Waals surface area (Å²) in [6.07, 6.45) is 5.17. The SMILES string of the molecule is O=C(CCCCl)N(Cc1ccco1)C1CC1. The zero-order chi connectivity index (χ0) is 11.4. The van der Waals surface area contributed by atoms with Crippen LogP contribution in [-0.2, 0) is 11.3 Å². The minimum Gasteiger partial charge on any atom is -0.467 e. The molecule has 1 fully saturated rings. The number of amides is 1. The van der Waals surface area contributed by atoms with Crippen molar-refractivity contribution in [2.45, 2.75) is 38.3 Å². The molecule has 0 spiro atoms. The molecule has 0 aliphatic heterocycles. The van der Waals surface area contributed by atoms with E-state index in [2.05, 4.69) is 0 Å². The maximum absolute atomic E-state index is 11.9. The van der Waals surface area contributed by atoms with Crippen LogP contribution < -0.4 is 0 Å². The number of rotatable bonds is 6. The Kier molecular flexibility index (Phi) is 3.88. The van der Waals surface area contributed by atoms with Crippen molar-refractivity contribution in [2.75, 3.05) is 5.88 Å². The summed E-state index contributed by atoms with van der Waals surface area (Å²) in [7, 11) is 0. The first-order chi connectivity index (χ1) is 7.81. The molecule has 0 atom stereocenters. The third-order valence-corrected chi connectivity index (χ3v) is 3.01. The van der Waals surface area contributed by atoms with Crippen LogP contribution in [0.3, 0.4) is 0 Å². The van der Waals surface area contributed by atoms with Crippen LogP contribution in [0.4, 0.5) is 0 Å². The first kappa shape index (κ1) is 11.5. The summed E-state index contributed by atoms with van der Waals surface area (Å²) < 4.78 is 5.28. The van der Waals surface area contributed by atoms with Crippen molar-refractivity contribution in [3.63, 3.8) is 0 Å². The van der Waals surface area contributed by atoms with Crippen molar-refractivity contribution in [3.8, 4) is 0 Å². The molecule has 1 aliphatic rings. The van der Waals surface area contributed by atoms with Crippen LogP contribution in [0.1, 0.15) is 31.4 Å². The second-order valence-electron chi connectivity index (χ2n) is 4.12. The molecule has 1 aromatic rings. The van der Waals surface area contributed by atoms with E-state index in [0.29, 0.717) is 24.9 Å². The molecule has 0 unspecified atom stereocenters. The van der Waals surface area contributed by atoms with Gasteiger partial charge in [0.1, 0.15) is 5.76 Å². The number of hydrogen-bond donors (Lipinski definition) is 0. The van der Waals surface area contributed by atoms with E-state index >= 15 is 0 Å². The monoisotopic (exact) mass is 241 g/mol. The molecule has 0 saturated heterocycles. The highest BCUT2D eigenvalue weighted by atomic mass is 35.5. The van der Waals surface area contributed by atoms with Gasteiger partial charge in [-0.15, -0.1) is 11.6 Å². The summed E-state index contributed by atoms with van der Waals surface area (Å²) in [6, 6.07) is 4.18.